The summed E-state index contributed by atoms with van der Waals surface area (Å²) in [6.07, 6.45) is 3.07. The van der Waals surface area contributed by atoms with Gasteiger partial charge in [0.25, 0.3) is 0 Å². The van der Waals surface area contributed by atoms with Gasteiger partial charge in [0.2, 0.25) is 11.8 Å². The van der Waals surface area contributed by atoms with E-state index in [1.165, 1.54) is 6.92 Å². The van der Waals surface area contributed by atoms with Gasteiger partial charge in [-0.05, 0) is 18.6 Å². The maximum atomic E-state index is 12.4. The minimum absolute atomic E-state index is 0.0623. The second-order valence-corrected chi connectivity index (χ2v) is 6.31. The second kappa shape index (κ2) is 10.0. The molecule has 0 spiro atoms. The van der Waals surface area contributed by atoms with E-state index in [-0.39, 0.29) is 18.4 Å². The SMILES string of the molecule is CCCCCN(CC(=O)Nc1ccccc1N1CCOCC1)C(C)=O. The molecule has 2 rings (SSSR count). The third kappa shape index (κ3) is 6.05. The normalized spacial score (nSPS) is 14.2. The molecule has 0 aliphatic carbocycles. The van der Waals surface area contributed by atoms with Crippen molar-refractivity contribution in [1.82, 2.24) is 4.90 Å². The summed E-state index contributed by atoms with van der Waals surface area (Å²) in [7, 11) is 0. The Kier molecular flexibility index (Phi) is 7.73. The van der Waals surface area contributed by atoms with Gasteiger partial charge in [-0.3, -0.25) is 9.59 Å². The van der Waals surface area contributed by atoms with Crippen molar-refractivity contribution < 1.29 is 14.3 Å². The lowest BCUT2D eigenvalue weighted by Crippen LogP contribution is -2.38. The van der Waals surface area contributed by atoms with Crippen molar-refractivity contribution in [1.29, 1.82) is 0 Å². The number of nitrogens with one attached hydrogen (secondary N) is 1. The number of carbonyl (C=O) groups excluding carboxylic acids is 2. The average molecular weight is 347 g/mol. The zero-order valence-corrected chi connectivity index (χ0v) is 15.3. The molecule has 0 aromatic heterocycles. The molecule has 1 aliphatic rings. The van der Waals surface area contributed by atoms with E-state index in [0.717, 1.165) is 43.7 Å². The van der Waals surface area contributed by atoms with Crippen molar-refractivity contribution >= 4 is 23.2 Å². The highest BCUT2D eigenvalue weighted by atomic mass is 16.5. The Hall–Kier alpha value is -2.08. The Bertz CT molecular complexity index is 571. The summed E-state index contributed by atoms with van der Waals surface area (Å²) in [6, 6.07) is 7.78. The summed E-state index contributed by atoms with van der Waals surface area (Å²) in [5, 5.41) is 2.97. The molecule has 138 valence electrons. The highest BCUT2D eigenvalue weighted by Crippen LogP contribution is 2.26. The number of benzene rings is 1. The van der Waals surface area contributed by atoms with Gasteiger partial charge in [0, 0.05) is 26.6 Å². The fourth-order valence-electron chi connectivity index (χ4n) is 2.92. The minimum atomic E-state index is -0.160. The van der Waals surface area contributed by atoms with Gasteiger partial charge in [0.15, 0.2) is 0 Å². The Morgan fingerprint density at radius 2 is 1.92 bits per heavy atom. The van der Waals surface area contributed by atoms with E-state index in [2.05, 4.69) is 17.1 Å². The first-order valence-electron chi connectivity index (χ1n) is 9.09. The van der Waals surface area contributed by atoms with Crippen LogP contribution in [0.15, 0.2) is 24.3 Å². The van der Waals surface area contributed by atoms with Crippen LogP contribution in [0.3, 0.4) is 0 Å². The van der Waals surface area contributed by atoms with Gasteiger partial charge in [-0.25, -0.2) is 0 Å². The van der Waals surface area contributed by atoms with E-state index >= 15 is 0 Å². The summed E-state index contributed by atoms with van der Waals surface area (Å²) >= 11 is 0. The van der Waals surface area contributed by atoms with Crippen LogP contribution in [0.2, 0.25) is 0 Å². The molecule has 1 fully saturated rings. The van der Waals surface area contributed by atoms with Crippen LogP contribution in [-0.4, -0.2) is 56.1 Å². The molecule has 0 saturated carbocycles. The lowest BCUT2D eigenvalue weighted by Gasteiger charge is -2.30. The van der Waals surface area contributed by atoms with Crippen LogP contribution in [0.4, 0.5) is 11.4 Å². The highest BCUT2D eigenvalue weighted by molar-refractivity contribution is 5.97. The fraction of sp³-hybridized carbons (Fsp3) is 0.579. The number of ether oxygens (including phenoxy) is 1. The van der Waals surface area contributed by atoms with Crippen molar-refractivity contribution in [3.05, 3.63) is 24.3 Å². The van der Waals surface area contributed by atoms with Crippen molar-refractivity contribution in [2.75, 3.05) is 49.6 Å². The topological polar surface area (TPSA) is 61.9 Å². The van der Waals surface area contributed by atoms with E-state index in [9.17, 15) is 9.59 Å². The largest absolute Gasteiger partial charge is 0.378 e. The molecular formula is C19H29N3O3. The number of nitrogens with zero attached hydrogens (tertiary/aromatic N) is 2. The number of hydrogen-bond acceptors (Lipinski definition) is 4. The van der Waals surface area contributed by atoms with Crippen LogP contribution in [0, 0.1) is 0 Å². The van der Waals surface area contributed by atoms with E-state index in [4.69, 9.17) is 4.74 Å². The van der Waals surface area contributed by atoms with E-state index in [1.54, 1.807) is 4.90 Å². The number of unbranched alkanes of at least 4 members (excludes halogenated alkanes) is 2. The maximum absolute atomic E-state index is 12.4. The van der Waals surface area contributed by atoms with Crippen LogP contribution < -0.4 is 10.2 Å². The Morgan fingerprint density at radius 1 is 1.20 bits per heavy atom. The first kappa shape index (κ1) is 19.2. The number of hydrogen-bond donors (Lipinski definition) is 1. The number of rotatable bonds is 8. The lowest BCUT2D eigenvalue weighted by atomic mass is 10.2. The van der Waals surface area contributed by atoms with Crippen molar-refractivity contribution in [3.8, 4) is 0 Å². The van der Waals surface area contributed by atoms with Gasteiger partial charge < -0.3 is 19.9 Å². The molecule has 25 heavy (non-hydrogen) atoms. The molecule has 1 aromatic rings. The second-order valence-electron chi connectivity index (χ2n) is 6.31. The third-order valence-electron chi connectivity index (χ3n) is 4.34. The fourth-order valence-corrected chi connectivity index (χ4v) is 2.92. The first-order valence-corrected chi connectivity index (χ1v) is 9.09. The summed E-state index contributed by atoms with van der Waals surface area (Å²) in [4.78, 5) is 28.0. The molecule has 1 aliphatic heterocycles. The van der Waals surface area contributed by atoms with Crippen LogP contribution in [0.25, 0.3) is 0 Å². The molecule has 0 atom stereocenters. The van der Waals surface area contributed by atoms with Gasteiger partial charge in [0.1, 0.15) is 0 Å². The van der Waals surface area contributed by atoms with Crippen molar-refractivity contribution in [2.45, 2.75) is 33.1 Å². The Morgan fingerprint density at radius 3 is 2.60 bits per heavy atom. The van der Waals surface area contributed by atoms with E-state index in [1.807, 2.05) is 24.3 Å². The number of anilines is 2. The van der Waals surface area contributed by atoms with Crippen LogP contribution in [0.1, 0.15) is 33.1 Å². The van der Waals surface area contributed by atoms with Gasteiger partial charge >= 0.3 is 0 Å². The van der Waals surface area contributed by atoms with Gasteiger partial charge in [0.05, 0.1) is 31.1 Å². The minimum Gasteiger partial charge on any atom is -0.378 e. The molecule has 0 unspecified atom stereocenters. The number of para-hydroxylation sites is 2. The zero-order valence-electron chi connectivity index (χ0n) is 15.3. The van der Waals surface area contributed by atoms with Gasteiger partial charge in [-0.1, -0.05) is 31.9 Å². The van der Waals surface area contributed by atoms with Crippen LogP contribution in [0.5, 0.6) is 0 Å². The summed E-state index contributed by atoms with van der Waals surface area (Å²) in [6.45, 7) is 7.36. The number of morpholine rings is 1. The zero-order chi connectivity index (χ0) is 18.1. The maximum Gasteiger partial charge on any atom is 0.244 e. The predicted octanol–water partition coefficient (Wildman–Crippen LogP) is 2.50. The first-order chi connectivity index (χ1) is 12.1. The van der Waals surface area contributed by atoms with Crippen molar-refractivity contribution in [2.24, 2.45) is 0 Å². The average Bonchev–Trinajstić information content (AvgIpc) is 2.62. The molecular weight excluding hydrogens is 318 g/mol. The summed E-state index contributed by atoms with van der Waals surface area (Å²) < 4.78 is 5.39. The van der Waals surface area contributed by atoms with Gasteiger partial charge in [-0.2, -0.15) is 0 Å². The van der Waals surface area contributed by atoms with E-state index in [0.29, 0.717) is 19.8 Å². The Labute approximate surface area is 150 Å². The molecule has 1 N–H and O–H groups in total. The molecule has 0 bridgehead atoms. The highest BCUT2D eigenvalue weighted by Gasteiger charge is 2.17. The standard InChI is InChI=1S/C19H29N3O3/c1-3-4-7-10-22(16(2)23)15-19(24)20-17-8-5-6-9-18(17)21-11-13-25-14-12-21/h5-6,8-9H,3-4,7,10-15H2,1-2H3,(H,20,24). The summed E-state index contributed by atoms with van der Waals surface area (Å²) in [5.41, 5.74) is 1.78. The molecule has 6 heteroatoms. The number of amides is 2. The number of carbonyl (C=O) groups is 2. The quantitative estimate of drug-likeness (QED) is 0.734. The smallest absolute Gasteiger partial charge is 0.244 e. The molecule has 6 nitrogen and oxygen atoms in total. The van der Waals surface area contributed by atoms with Crippen molar-refractivity contribution in [3.63, 3.8) is 0 Å². The molecule has 1 heterocycles. The monoisotopic (exact) mass is 347 g/mol. The lowest BCUT2D eigenvalue weighted by molar-refractivity contribution is -0.132. The third-order valence-corrected chi connectivity index (χ3v) is 4.34. The molecule has 1 saturated heterocycles. The van der Waals surface area contributed by atoms with Gasteiger partial charge in [-0.15, -0.1) is 0 Å². The Balaban J connectivity index is 1.98. The molecule has 1 aromatic carbocycles. The molecule has 0 radical (unpaired) electrons. The van der Waals surface area contributed by atoms with Crippen LogP contribution in [-0.2, 0) is 14.3 Å². The summed E-state index contributed by atoms with van der Waals surface area (Å²) in [5.74, 6) is -0.222. The van der Waals surface area contributed by atoms with E-state index < -0.39 is 0 Å². The molecule has 2 amide bonds. The predicted molar refractivity (Wildman–Crippen MR) is 99.9 cm³/mol. The van der Waals surface area contributed by atoms with Crippen LogP contribution >= 0.6 is 0 Å².